The number of rotatable bonds is 6. The number of benzene rings is 9. The molecule has 1 aliphatic carbocycles. The lowest BCUT2D eigenvalue weighted by Gasteiger charge is -2.28. The first-order valence-corrected chi connectivity index (χ1v) is 19.9. The molecule has 2 heteroatoms. The topological polar surface area (TPSA) is 8.17 Å². The van der Waals surface area contributed by atoms with Crippen molar-refractivity contribution in [2.75, 3.05) is 4.90 Å². The summed E-state index contributed by atoms with van der Waals surface area (Å²) in [6.07, 6.45) is 0. The predicted molar refractivity (Wildman–Crippen MR) is 241 cm³/mol. The van der Waals surface area contributed by atoms with Gasteiger partial charge in [0.25, 0.3) is 0 Å². The van der Waals surface area contributed by atoms with E-state index in [1.165, 1.54) is 77.1 Å². The van der Waals surface area contributed by atoms with Gasteiger partial charge in [0.2, 0.25) is 0 Å². The van der Waals surface area contributed by atoms with Gasteiger partial charge < -0.3 is 9.47 Å². The van der Waals surface area contributed by atoms with E-state index in [4.69, 9.17) is 0 Å². The number of anilines is 3. The van der Waals surface area contributed by atoms with E-state index in [0.717, 1.165) is 22.7 Å². The average Bonchev–Trinajstić information content (AvgIpc) is 3.72. The second-order valence-corrected chi connectivity index (χ2v) is 15.7. The molecule has 1 heterocycles. The monoisotopic (exact) mass is 728 g/mol. The Kier molecular flexibility index (Phi) is 7.55. The first-order valence-electron chi connectivity index (χ1n) is 19.9. The third kappa shape index (κ3) is 5.18. The van der Waals surface area contributed by atoms with E-state index >= 15 is 0 Å². The summed E-state index contributed by atoms with van der Waals surface area (Å²) in [4.78, 5) is 2.39. The van der Waals surface area contributed by atoms with Gasteiger partial charge in [0.05, 0.1) is 16.7 Å². The molecule has 1 aromatic heterocycles. The van der Waals surface area contributed by atoms with Crippen molar-refractivity contribution in [1.29, 1.82) is 0 Å². The van der Waals surface area contributed by atoms with Crippen LogP contribution in [0.15, 0.2) is 206 Å². The molecule has 57 heavy (non-hydrogen) atoms. The number of hydrogen-bond acceptors (Lipinski definition) is 1. The van der Waals surface area contributed by atoms with Crippen LogP contribution in [-0.4, -0.2) is 4.57 Å². The van der Waals surface area contributed by atoms with Crippen molar-refractivity contribution in [2.45, 2.75) is 19.3 Å². The maximum atomic E-state index is 2.49. The minimum atomic E-state index is -0.0852. The minimum Gasteiger partial charge on any atom is -0.310 e. The Morgan fingerprint density at radius 3 is 1.82 bits per heavy atom. The van der Waals surface area contributed by atoms with Crippen LogP contribution in [0.3, 0.4) is 0 Å². The van der Waals surface area contributed by atoms with Gasteiger partial charge in [0, 0.05) is 44.4 Å². The van der Waals surface area contributed by atoms with Gasteiger partial charge in [0.15, 0.2) is 0 Å². The lowest BCUT2D eigenvalue weighted by Crippen LogP contribution is -2.16. The molecule has 0 atom stereocenters. The molecule has 10 aromatic rings. The standard InChI is InChI=1S/C55H40N2/c1-55(2)50-27-11-8-22-45(50)46-35-34-41(36-51(46)55)56(39-18-4-3-5-19-39)40-32-30-38(31-33-40)43-21-9-12-28-52(43)57-53-29-13-10-23-47(53)49-26-15-25-48(54(49)57)44-24-14-17-37-16-6-7-20-42(37)44/h3-36H,1-2H3. The van der Waals surface area contributed by atoms with Crippen LogP contribution in [0.4, 0.5) is 17.1 Å². The Bertz CT molecular complexity index is 3140. The Balaban J connectivity index is 1.06. The summed E-state index contributed by atoms with van der Waals surface area (Å²) in [6.45, 7) is 4.70. The predicted octanol–water partition coefficient (Wildman–Crippen LogP) is 15.0. The van der Waals surface area contributed by atoms with Gasteiger partial charge in [-0.3, -0.25) is 0 Å². The molecule has 9 aromatic carbocycles. The van der Waals surface area contributed by atoms with Crippen molar-refractivity contribution >= 4 is 49.6 Å². The lowest BCUT2D eigenvalue weighted by molar-refractivity contribution is 0.660. The van der Waals surface area contributed by atoms with E-state index in [2.05, 4.69) is 230 Å². The zero-order valence-corrected chi connectivity index (χ0v) is 32.0. The van der Waals surface area contributed by atoms with Gasteiger partial charge in [-0.1, -0.05) is 172 Å². The molecule has 0 amide bonds. The summed E-state index contributed by atoms with van der Waals surface area (Å²) in [5, 5.41) is 5.00. The Morgan fingerprint density at radius 2 is 0.965 bits per heavy atom. The van der Waals surface area contributed by atoms with E-state index in [1.807, 2.05) is 0 Å². The second kappa shape index (κ2) is 13.0. The Labute approximate surface area is 333 Å². The molecular formula is C55H40N2. The molecule has 0 unspecified atom stereocenters. The highest BCUT2D eigenvalue weighted by molar-refractivity contribution is 6.16. The van der Waals surface area contributed by atoms with Crippen LogP contribution in [-0.2, 0) is 5.41 Å². The van der Waals surface area contributed by atoms with Crippen LogP contribution in [0.25, 0.3) is 71.6 Å². The summed E-state index contributed by atoms with van der Waals surface area (Å²) in [6, 6.07) is 75.6. The maximum Gasteiger partial charge on any atom is 0.0619 e. The van der Waals surface area contributed by atoms with Gasteiger partial charge in [-0.25, -0.2) is 0 Å². The van der Waals surface area contributed by atoms with Crippen molar-refractivity contribution in [3.63, 3.8) is 0 Å². The van der Waals surface area contributed by atoms with Crippen LogP contribution in [0, 0.1) is 0 Å². The van der Waals surface area contributed by atoms with Gasteiger partial charge in [-0.05, 0) is 92.7 Å². The molecule has 2 nitrogen and oxygen atoms in total. The average molecular weight is 729 g/mol. The molecule has 0 saturated carbocycles. The quantitative estimate of drug-likeness (QED) is 0.165. The Hall–Kier alpha value is -7.16. The number of para-hydroxylation sites is 4. The molecule has 1 aliphatic rings. The van der Waals surface area contributed by atoms with Crippen molar-refractivity contribution in [3.05, 3.63) is 217 Å². The van der Waals surface area contributed by atoms with Crippen LogP contribution < -0.4 is 4.90 Å². The summed E-state index contributed by atoms with van der Waals surface area (Å²) >= 11 is 0. The summed E-state index contributed by atoms with van der Waals surface area (Å²) < 4.78 is 2.49. The van der Waals surface area contributed by atoms with E-state index in [1.54, 1.807) is 0 Å². The van der Waals surface area contributed by atoms with Crippen molar-refractivity contribution in [2.24, 2.45) is 0 Å². The van der Waals surface area contributed by atoms with Crippen LogP contribution >= 0.6 is 0 Å². The van der Waals surface area contributed by atoms with Gasteiger partial charge in [0.1, 0.15) is 0 Å². The van der Waals surface area contributed by atoms with E-state index < -0.39 is 0 Å². The van der Waals surface area contributed by atoms with Crippen molar-refractivity contribution in [1.82, 2.24) is 4.57 Å². The molecule has 11 rings (SSSR count). The third-order valence-electron chi connectivity index (χ3n) is 12.2. The fourth-order valence-corrected chi connectivity index (χ4v) is 9.50. The highest BCUT2D eigenvalue weighted by Crippen LogP contribution is 2.51. The normalized spacial score (nSPS) is 12.9. The first-order chi connectivity index (χ1) is 28.1. The van der Waals surface area contributed by atoms with Crippen LogP contribution in [0.2, 0.25) is 0 Å². The zero-order valence-electron chi connectivity index (χ0n) is 32.0. The first kappa shape index (κ1) is 33.2. The number of aromatic nitrogens is 1. The van der Waals surface area contributed by atoms with E-state index in [0.29, 0.717) is 0 Å². The molecule has 0 N–H and O–H groups in total. The smallest absolute Gasteiger partial charge is 0.0619 e. The number of fused-ring (bicyclic) bond motifs is 7. The SMILES string of the molecule is CC1(C)c2ccccc2-c2ccc(N(c3ccccc3)c3ccc(-c4ccccc4-n4c5ccccc5c5cccc(-c6cccc7ccccc67)c54)cc3)cc21. The van der Waals surface area contributed by atoms with Crippen LogP contribution in [0.1, 0.15) is 25.0 Å². The highest BCUT2D eigenvalue weighted by atomic mass is 15.1. The van der Waals surface area contributed by atoms with Gasteiger partial charge in [-0.15, -0.1) is 0 Å². The van der Waals surface area contributed by atoms with E-state index in [9.17, 15) is 0 Å². The minimum absolute atomic E-state index is 0.0852. The fourth-order valence-electron chi connectivity index (χ4n) is 9.50. The largest absolute Gasteiger partial charge is 0.310 e. The van der Waals surface area contributed by atoms with Crippen molar-refractivity contribution < 1.29 is 0 Å². The van der Waals surface area contributed by atoms with Crippen LogP contribution in [0.5, 0.6) is 0 Å². The molecule has 270 valence electrons. The Morgan fingerprint density at radius 1 is 0.386 bits per heavy atom. The highest BCUT2D eigenvalue weighted by Gasteiger charge is 2.35. The number of nitrogens with zero attached hydrogens (tertiary/aromatic N) is 2. The molecule has 0 radical (unpaired) electrons. The zero-order chi connectivity index (χ0) is 38.1. The van der Waals surface area contributed by atoms with Gasteiger partial charge >= 0.3 is 0 Å². The van der Waals surface area contributed by atoms with E-state index in [-0.39, 0.29) is 5.41 Å². The molecule has 0 saturated heterocycles. The second-order valence-electron chi connectivity index (χ2n) is 15.7. The number of hydrogen-bond donors (Lipinski definition) is 0. The van der Waals surface area contributed by atoms with Gasteiger partial charge in [-0.2, -0.15) is 0 Å². The molecular weight excluding hydrogens is 689 g/mol. The molecule has 0 bridgehead atoms. The lowest BCUT2D eigenvalue weighted by atomic mass is 9.82. The third-order valence-corrected chi connectivity index (χ3v) is 12.2. The molecule has 0 spiro atoms. The fraction of sp³-hybridized carbons (Fsp3) is 0.0545. The summed E-state index contributed by atoms with van der Waals surface area (Å²) in [5.41, 5.74) is 17.1. The summed E-state index contributed by atoms with van der Waals surface area (Å²) in [7, 11) is 0. The van der Waals surface area contributed by atoms with Crippen molar-refractivity contribution in [3.8, 4) is 39.1 Å². The molecule has 0 aliphatic heterocycles. The molecule has 0 fully saturated rings. The summed E-state index contributed by atoms with van der Waals surface area (Å²) in [5.74, 6) is 0. The maximum absolute atomic E-state index is 2.49.